The van der Waals surface area contributed by atoms with Gasteiger partial charge in [0.1, 0.15) is 30.5 Å². The van der Waals surface area contributed by atoms with E-state index in [-0.39, 0.29) is 43.7 Å². The topological polar surface area (TPSA) is 198 Å². The normalized spacial score (nSPS) is 47.5. The molecule has 0 bridgehead atoms. The highest BCUT2D eigenvalue weighted by Gasteiger charge is 2.54. The van der Waals surface area contributed by atoms with Crippen molar-refractivity contribution in [3.05, 3.63) is 0 Å². The second kappa shape index (κ2) is 19.2. The zero-order chi connectivity index (χ0) is 41.8. The van der Waals surface area contributed by atoms with E-state index in [4.69, 9.17) is 39.6 Å². The van der Waals surface area contributed by atoms with Crippen LogP contribution in [0.2, 0.25) is 0 Å². The lowest BCUT2D eigenvalue weighted by Crippen LogP contribution is -2.61. The van der Waals surface area contributed by atoms with Gasteiger partial charge in [0.2, 0.25) is 0 Å². The SMILES string of the molecule is C#CCO[C@@]1(C)C[C@@H](C)/C(=N\O)[C@H](C)[C@@H](O)[C@](C)(O)[C@@H](CC)OC(=O)[C@H](C)[C@@H](O[C@H]2C[C@@](C)(OC)[C@@H](O)[C@H](C)O2)[C@H](C)[C@H]1O[C@@H]1O[C@H](C)C[C@H](N(C)C)[C@H]1O. The molecule has 0 radical (unpaired) electrons. The lowest BCUT2D eigenvalue weighted by Gasteiger charge is -2.50. The Morgan fingerprint density at radius 1 is 0.964 bits per heavy atom. The van der Waals surface area contributed by atoms with Crippen LogP contribution in [0.5, 0.6) is 0 Å². The van der Waals surface area contributed by atoms with Crippen molar-refractivity contribution >= 4 is 11.7 Å². The maximum absolute atomic E-state index is 14.3. The van der Waals surface area contributed by atoms with Gasteiger partial charge >= 0.3 is 5.97 Å². The Labute approximate surface area is 327 Å². The largest absolute Gasteiger partial charge is 0.459 e. The number of methoxy groups -OCH3 is 1. The second-order valence-electron chi connectivity index (χ2n) is 17.0. The first kappa shape index (κ1) is 47.4. The van der Waals surface area contributed by atoms with E-state index < -0.39 is 102 Å². The summed E-state index contributed by atoms with van der Waals surface area (Å²) >= 11 is 0. The number of hydrogen-bond donors (Lipinski definition) is 5. The predicted octanol–water partition coefficient (Wildman–Crippen LogP) is 2.70. The molecule has 3 aliphatic heterocycles. The number of hydrogen-bond acceptors (Lipinski definition) is 15. The number of aliphatic hydroxyl groups is 4. The first-order chi connectivity index (χ1) is 25.5. The van der Waals surface area contributed by atoms with Gasteiger partial charge in [0.25, 0.3) is 0 Å². The Morgan fingerprint density at radius 2 is 1.60 bits per heavy atom. The first-order valence-corrected chi connectivity index (χ1v) is 19.6. The van der Waals surface area contributed by atoms with Gasteiger partial charge in [0, 0.05) is 37.3 Å². The number of ether oxygens (including phenoxy) is 7. The number of nitrogens with zero attached hydrogens (tertiary/aromatic N) is 2. The van der Waals surface area contributed by atoms with Crippen LogP contribution in [0, 0.1) is 36.0 Å². The van der Waals surface area contributed by atoms with Gasteiger partial charge in [-0.25, -0.2) is 0 Å². The van der Waals surface area contributed by atoms with Gasteiger partial charge in [-0.3, -0.25) is 4.79 Å². The number of terminal acetylenes is 1. The Morgan fingerprint density at radius 3 is 2.15 bits per heavy atom. The fraction of sp³-hybridized carbons (Fsp3) is 0.900. The van der Waals surface area contributed by atoms with Crippen LogP contribution in [-0.4, -0.2) is 154 Å². The van der Waals surface area contributed by atoms with Crippen molar-refractivity contribution in [3.8, 4) is 12.3 Å². The van der Waals surface area contributed by atoms with Crippen LogP contribution in [-0.2, 0) is 38.0 Å². The molecular weight excluding hydrogens is 716 g/mol. The van der Waals surface area contributed by atoms with Crippen molar-refractivity contribution in [2.24, 2.45) is 28.8 Å². The predicted molar refractivity (Wildman–Crippen MR) is 203 cm³/mol. The molecule has 3 aliphatic rings. The number of cyclic esters (lactones) is 1. The minimum Gasteiger partial charge on any atom is -0.459 e. The number of oxime groups is 1. The minimum atomic E-state index is -1.97. The van der Waals surface area contributed by atoms with E-state index in [0.717, 1.165) is 0 Å². The molecule has 0 aromatic rings. The molecule has 0 aliphatic carbocycles. The van der Waals surface area contributed by atoms with E-state index in [1.165, 1.54) is 14.0 Å². The molecule has 0 saturated carbocycles. The van der Waals surface area contributed by atoms with Crippen molar-refractivity contribution in [2.75, 3.05) is 27.8 Å². The van der Waals surface area contributed by atoms with Gasteiger partial charge in [-0.1, -0.05) is 38.8 Å². The number of aliphatic hydroxyl groups excluding tert-OH is 3. The third-order valence-corrected chi connectivity index (χ3v) is 12.4. The van der Waals surface area contributed by atoms with Crippen molar-refractivity contribution in [1.82, 2.24) is 4.90 Å². The van der Waals surface area contributed by atoms with E-state index >= 15 is 0 Å². The molecule has 5 N–H and O–H groups in total. The van der Waals surface area contributed by atoms with Crippen LogP contribution in [0.3, 0.4) is 0 Å². The fourth-order valence-corrected chi connectivity index (χ4v) is 8.93. The molecule has 3 saturated heterocycles. The molecule has 0 aromatic carbocycles. The van der Waals surface area contributed by atoms with Crippen molar-refractivity contribution in [1.29, 1.82) is 0 Å². The van der Waals surface area contributed by atoms with Gasteiger partial charge in [0.05, 0.1) is 53.4 Å². The standard InChI is InChI=1S/C40H70N2O13/c1-15-17-50-39(10)19-21(3)30(41-48)23(5)33(44)40(11,47)28(16-2)53-36(46)25(7)32(54-29-20-38(9,49-14)34(45)26(8)52-29)24(6)35(39)55-37-31(43)27(42(12)13)18-22(4)51-37/h1,21-29,31-35,37,43-45,47-48H,16-20H2,2-14H3/b41-30+/t21-,22-,23+,24+,25-,26+,27+,28-,29+,31-,32+,33-,34+,35-,37+,38-,39+,40-/m1/s1. The van der Waals surface area contributed by atoms with E-state index in [9.17, 15) is 30.4 Å². The van der Waals surface area contributed by atoms with Gasteiger partial charge in [0.15, 0.2) is 12.6 Å². The van der Waals surface area contributed by atoms with E-state index in [0.29, 0.717) is 6.42 Å². The molecule has 0 spiro atoms. The van der Waals surface area contributed by atoms with Crippen molar-refractivity contribution in [3.63, 3.8) is 0 Å². The quantitative estimate of drug-likeness (QED) is 0.0990. The lowest BCUT2D eigenvalue weighted by molar-refractivity contribution is -0.320. The molecule has 3 rings (SSSR count). The summed E-state index contributed by atoms with van der Waals surface area (Å²) in [5.41, 5.74) is -4.22. The molecular formula is C40H70N2O13. The summed E-state index contributed by atoms with van der Waals surface area (Å²) in [6, 6.07) is -0.315. The number of carbonyl (C=O) groups excluding carboxylic acids is 1. The van der Waals surface area contributed by atoms with Gasteiger partial charge < -0.3 is 63.7 Å². The molecule has 15 nitrogen and oxygen atoms in total. The molecule has 55 heavy (non-hydrogen) atoms. The molecule has 0 amide bonds. The van der Waals surface area contributed by atoms with E-state index in [1.54, 1.807) is 48.5 Å². The fourth-order valence-electron chi connectivity index (χ4n) is 8.93. The zero-order valence-corrected chi connectivity index (χ0v) is 35.2. The molecule has 0 aromatic heterocycles. The third kappa shape index (κ3) is 10.4. The highest BCUT2D eigenvalue weighted by molar-refractivity contribution is 5.88. The van der Waals surface area contributed by atoms with Crippen LogP contribution in [0.4, 0.5) is 0 Å². The molecule has 15 heteroatoms. The summed E-state index contributed by atoms with van der Waals surface area (Å²) in [4.78, 5) is 16.2. The Balaban J connectivity index is 2.30. The summed E-state index contributed by atoms with van der Waals surface area (Å²) in [6.07, 6.45) is -3.32. The Kier molecular flexibility index (Phi) is 16.6. The van der Waals surface area contributed by atoms with Crippen LogP contribution >= 0.6 is 0 Å². The van der Waals surface area contributed by atoms with Crippen LogP contribution in [0.15, 0.2) is 5.16 Å². The summed E-state index contributed by atoms with van der Waals surface area (Å²) in [7, 11) is 5.23. The molecule has 318 valence electrons. The first-order valence-electron chi connectivity index (χ1n) is 19.6. The number of likely N-dealkylation sites (N-methyl/N-ethyl adjacent to an activating group) is 1. The maximum Gasteiger partial charge on any atom is 0.311 e. The molecule has 3 fully saturated rings. The smallest absolute Gasteiger partial charge is 0.311 e. The Bertz CT molecular complexity index is 1330. The van der Waals surface area contributed by atoms with Gasteiger partial charge in [-0.05, 0) is 74.9 Å². The minimum absolute atomic E-state index is 0.103. The monoisotopic (exact) mass is 786 g/mol. The molecule has 0 unspecified atom stereocenters. The lowest BCUT2D eigenvalue weighted by atomic mass is 9.73. The summed E-state index contributed by atoms with van der Waals surface area (Å²) in [5.74, 6) is -1.53. The Hall–Kier alpha value is -1.94. The highest BCUT2D eigenvalue weighted by Crippen LogP contribution is 2.42. The summed E-state index contributed by atoms with van der Waals surface area (Å²) in [6.45, 7) is 17.0. The number of rotatable bonds is 9. The van der Waals surface area contributed by atoms with Gasteiger partial charge in [-0.2, -0.15) is 0 Å². The third-order valence-electron chi connectivity index (χ3n) is 12.4. The molecule has 3 heterocycles. The molecule has 18 atom stereocenters. The highest BCUT2D eigenvalue weighted by atomic mass is 16.7. The van der Waals surface area contributed by atoms with E-state index in [2.05, 4.69) is 11.1 Å². The van der Waals surface area contributed by atoms with Crippen LogP contribution < -0.4 is 0 Å². The van der Waals surface area contributed by atoms with Crippen LogP contribution in [0.1, 0.15) is 94.9 Å². The summed E-state index contributed by atoms with van der Waals surface area (Å²) < 4.78 is 44.4. The number of esters is 1. The number of carbonyl (C=O) groups is 1. The second-order valence-corrected chi connectivity index (χ2v) is 17.0. The zero-order valence-electron chi connectivity index (χ0n) is 35.2. The summed E-state index contributed by atoms with van der Waals surface area (Å²) in [5, 5.41) is 60.1. The average molecular weight is 787 g/mol. The van der Waals surface area contributed by atoms with E-state index in [1.807, 2.05) is 32.8 Å². The van der Waals surface area contributed by atoms with Crippen molar-refractivity contribution in [2.45, 2.75) is 179 Å². The van der Waals surface area contributed by atoms with Crippen molar-refractivity contribution < 1.29 is 63.6 Å². The van der Waals surface area contributed by atoms with Crippen LogP contribution in [0.25, 0.3) is 0 Å². The van der Waals surface area contributed by atoms with Gasteiger partial charge in [-0.15, -0.1) is 6.42 Å². The maximum atomic E-state index is 14.3. The average Bonchev–Trinajstić information content (AvgIpc) is 3.12.